The summed E-state index contributed by atoms with van der Waals surface area (Å²) < 4.78 is 11.1. The number of β-amino-alcohol motifs (C(OH)–C–C–N with tert-alkyl or cyclic N) is 1. The van der Waals surface area contributed by atoms with Gasteiger partial charge in [0.2, 0.25) is 0 Å². The molecule has 2 N–H and O–H groups in total. The molecule has 2 atom stereocenters. The molecule has 0 aromatic heterocycles. The minimum Gasteiger partial charge on any atom is -0.389 e. The Kier molecular flexibility index (Phi) is 9.49. The Morgan fingerprint density at radius 1 is 1.24 bits per heavy atom. The molecule has 1 saturated heterocycles. The van der Waals surface area contributed by atoms with Crippen LogP contribution >= 0.6 is 0 Å². The quantitative estimate of drug-likeness (QED) is 0.616. The summed E-state index contributed by atoms with van der Waals surface area (Å²) in [6, 6.07) is 0. The summed E-state index contributed by atoms with van der Waals surface area (Å²) in [5, 5.41) is 13.5. The van der Waals surface area contributed by atoms with Crippen LogP contribution in [0.2, 0.25) is 0 Å². The number of aliphatic hydroxyl groups excluding tert-OH is 1. The van der Waals surface area contributed by atoms with Gasteiger partial charge in [-0.15, -0.1) is 0 Å². The fourth-order valence-corrected chi connectivity index (χ4v) is 2.69. The molecule has 0 aliphatic carbocycles. The van der Waals surface area contributed by atoms with E-state index in [0.717, 1.165) is 39.1 Å². The van der Waals surface area contributed by atoms with Gasteiger partial charge in [0, 0.05) is 31.9 Å². The zero-order valence-corrected chi connectivity index (χ0v) is 14.2. The Morgan fingerprint density at radius 3 is 2.57 bits per heavy atom. The molecule has 1 heterocycles. The van der Waals surface area contributed by atoms with Crippen LogP contribution in [0.5, 0.6) is 0 Å². The molecule has 0 aromatic carbocycles. The first-order valence-electron chi connectivity index (χ1n) is 8.68. The van der Waals surface area contributed by atoms with Crippen LogP contribution in [0.4, 0.5) is 0 Å². The van der Waals surface area contributed by atoms with E-state index in [2.05, 4.69) is 26.1 Å². The van der Waals surface area contributed by atoms with Crippen LogP contribution in [0.15, 0.2) is 0 Å². The van der Waals surface area contributed by atoms with Gasteiger partial charge in [0.15, 0.2) is 0 Å². The topological polar surface area (TPSA) is 50.7 Å². The maximum absolute atomic E-state index is 10.0. The van der Waals surface area contributed by atoms with Gasteiger partial charge >= 0.3 is 0 Å². The molecule has 4 nitrogen and oxygen atoms in total. The van der Waals surface area contributed by atoms with Gasteiger partial charge in [-0.2, -0.15) is 0 Å². The van der Waals surface area contributed by atoms with E-state index < -0.39 is 6.10 Å². The molecule has 4 heteroatoms. The Balaban J connectivity index is 2.11. The van der Waals surface area contributed by atoms with E-state index in [9.17, 15) is 5.11 Å². The molecule has 1 aliphatic heterocycles. The molecule has 1 fully saturated rings. The van der Waals surface area contributed by atoms with Gasteiger partial charge in [0.1, 0.15) is 0 Å². The van der Waals surface area contributed by atoms with Crippen molar-refractivity contribution >= 4 is 0 Å². The monoisotopic (exact) mass is 301 g/mol. The van der Waals surface area contributed by atoms with Crippen molar-refractivity contribution in [3.8, 4) is 0 Å². The molecule has 1 aliphatic rings. The predicted octanol–water partition coefficient (Wildman–Crippen LogP) is 2.74. The first-order valence-corrected chi connectivity index (χ1v) is 8.68. The number of hydrogen-bond acceptors (Lipinski definition) is 4. The molecule has 2 unspecified atom stereocenters. The molecule has 0 bridgehead atoms. The van der Waals surface area contributed by atoms with Gasteiger partial charge in [0.25, 0.3) is 0 Å². The van der Waals surface area contributed by atoms with Gasteiger partial charge in [-0.25, -0.2) is 0 Å². The Bertz CT molecular complexity index is 254. The third kappa shape index (κ3) is 8.15. The molecular formula is C17H35NO3. The van der Waals surface area contributed by atoms with Gasteiger partial charge in [-0.1, -0.05) is 33.1 Å². The van der Waals surface area contributed by atoms with E-state index in [1.807, 2.05) is 0 Å². The average Bonchev–Trinajstić information content (AvgIpc) is 2.49. The average molecular weight is 301 g/mol. The summed E-state index contributed by atoms with van der Waals surface area (Å²) in [6.45, 7) is 10.1. The lowest BCUT2D eigenvalue weighted by molar-refractivity contribution is 0.00620. The highest BCUT2D eigenvalue weighted by Crippen LogP contribution is 2.19. The number of hydrogen-bond donors (Lipinski definition) is 2. The largest absolute Gasteiger partial charge is 0.389 e. The number of nitrogens with one attached hydrogen (secondary N) is 1. The molecule has 0 amide bonds. The summed E-state index contributed by atoms with van der Waals surface area (Å²) in [5.74, 6) is 0.637. The summed E-state index contributed by atoms with van der Waals surface area (Å²) in [4.78, 5) is 0. The van der Waals surface area contributed by atoms with Crippen molar-refractivity contribution in [1.29, 1.82) is 0 Å². The fourth-order valence-electron chi connectivity index (χ4n) is 2.69. The Morgan fingerprint density at radius 2 is 1.95 bits per heavy atom. The van der Waals surface area contributed by atoms with Crippen molar-refractivity contribution in [3.63, 3.8) is 0 Å². The minimum absolute atomic E-state index is 0.103. The molecule has 21 heavy (non-hydrogen) atoms. The smallest absolute Gasteiger partial charge is 0.0897 e. The first kappa shape index (κ1) is 18.9. The van der Waals surface area contributed by atoms with Crippen molar-refractivity contribution in [2.24, 2.45) is 5.92 Å². The van der Waals surface area contributed by atoms with Crippen LogP contribution in [-0.2, 0) is 9.47 Å². The van der Waals surface area contributed by atoms with E-state index >= 15 is 0 Å². The lowest BCUT2D eigenvalue weighted by Gasteiger charge is -2.35. The lowest BCUT2D eigenvalue weighted by atomic mass is 9.92. The highest BCUT2D eigenvalue weighted by Gasteiger charge is 2.27. The predicted molar refractivity (Wildman–Crippen MR) is 86.6 cm³/mol. The van der Waals surface area contributed by atoms with Crippen molar-refractivity contribution < 1.29 is 14.6 Å². The second kappa shape index (κ2) is 10.5. The minimum atomic E-state index is -0.423. The summed E-state index contributed by atoms with van der Waals surface area (Å²) in [6.07, 6.45) is 6.50. The second-order valence-electron chi connectivity index (χ2n) is 6.66. The zero-order valence-electron chi connectivity index (χ0n) is 14.2. The van der Waals surface area contributed by atoms with Crippen LogP contribution in [-0.4, -0.2) is 49.7 Å². The van der Waals surface area contributed by atoms with Crippen molar-refractivity contribution in [1.82, 2.24) is 5.32 Å². The van der Waals surface area contributed by atoms with E-state index in [1.54, 1.807) is 0 Å². The van der Waals surface area contributed by atoms with E-state index in [4.69, 9.17) is 9.47 Å². The Labute approximate surface area is 130 Å². The van der Waals surface area contributed by atoms with Gasteiger partial charge in [0.05, 0.1) is 12.7 Å². The SMILES string of the molecule is CCCCC(CC)COCC(O)CNC1(C)CCOCC1. The second-order valence-corrected chi connectivity index (χ2v) is 6.66. The molecule has 0 saturated carbocycles. The third-order valence-corrected chi connectivity index (χ3v) is 4.57. The Hall–Kier alpha value is -0.160. The number of rotatable bonds is 11. The molecule has 126 valence electrons. The molecule has 0 aromatic rings. The van der Waals surface area contributed by atoms with E-state index in [0.29, 0.717) is 19.1 Å². The highest BCUT2D eigenvalue weighted by molar-refractivity contribution is 4.86. The molecule has 1 rings (SSSR count). The summed E-state index contributed by atoms with van der Waals surface area (Å²) in [7, 11) is 0. The van der Waals surface area contributed by atoms with Crippen LogP contribution in [0.25, 0.3) is 0 Å². The standard InChI is InChI=1S/C17H35NO3/c1-4-6-7-15(5-2)13-21-14-16(19)12-18-17(3)8-10-20-11-9-17/h15-16,18-19H,4-14H2,1-3H3. The summed E-state index contributed by atoms with van der Waals surface area (Å²) in [5.41, 5.74) is 0.103. The molecular weight excluding hydrogens is 266 g/mol. The van der Waals surface area contributed by atoms with Gasteiger partial charge < -0.3 is 19.9 Å². The molecule has 0 spiro atoms. The molecule has 0 radical (unpaired) electrons. The third-order valence-electron chi connectivity index (χ3n) is 4.57. The lowest BCUT2D eigenvalue weighted by Crippen LogP contribution is -2.50. The first-order chi connectivity index (χ1) is 10.1. The highest BCUT2D eigenvalue weighted by atomic mass is 16.5. The number of aliphatic hydroxyl groups is 1. The fraction of sp³-hybridized carbons (Fsp3) is 1.00. The number of ether oxygens (including phenoxy) is 2. The van der Waals surface area contributed by atoms with Crippen LogP contribution < -0.4 is 5.32 Å². The van der Waals surface area contributed by atoms with Crippen LogP contribution in [0.3, 0.4) is 0 Å². The van der Waals surface area contributed by atoms with Crippen molar-refractivity contribution in [2.75, 3.05) is 33.0 Å². The maximum Gasteiger partial charge on any atom is 0.0897 e. The van der Waals surface area contributed by atoms with E-state index in [1.165, 1.54) is 19.3 Å². The maximum atomic E-state index is 10.0. The van der Waals surface area contributed by atoms with Gasteiger partial charge in [-0.3, -0.25) is 0 Å². The van der Waals surface area contributed by atoms with Crippen LogP contribution in [0.1, 0.15) is 59.3 Å². The normalized spacial score (nSPS) is 21.1. The van der Waals surface area contributed by atoms with Crippen molar-refractivity contribution in [3.05, 3.63) is 0 Å². The van der Waals surface area contributed by atoms with Crippen molar-refractivity contribution in [2.45, 2.75) is 70.9 Å². The van der Waals surface area contributed by atoms with Crippen LogP contribution in [0, 0.1) is 5.92 Å². The summed E-state index contributed by atoms with van der Waals surface area (Å²) >= 11 is 0. The number of unbranched alkanes of at least 4 members (excludes halogenated alkanes) is 1. The van der Waals surface area contributed by atoms with Gasteiger partial charge in [-0.05, 0) is 32.1 Å². The van der Waals surface area contributed by atoms with E-state index in [-0.39, 0.29) is 5.54 Å². The zero-order chi connectivity index (χ0) is 15.6.